The van der Waals surface area contributed by atoms with Crippen molar-refractivity contribution in [1.82, 2.24) is 30.7 Å². The highest BCUT2D eigenvalue weighted by atomic mass is 127. The molecule has 6 amide bonds. The normalized spacial score (nSPS) is 28.2. The van der Waals surface area contributed by atoms with Gasteiger partial charge in [0.05, 0.1) is 12.1 Å². The van der Waals surface area contributed by atoms with Crippen LogP contribution < -0.4 is 21.3 Å². The summed E-state index contributed by atoms with van der Waals surface area (Å²) in [5, 5.41) is 32.6. The minimum absolute atomic E-state index is 0.00293. The summed E-state index contributed by atoms with van der Waals surface area (Å²) in [4.78, 5) is 87.6. The summed E-state index contributed by atoms with van der Waals surface area (Å²) in [6, 6.07) is 0.524. The van der Waals surface area contributed by atoms with Gasteiger partial charge in [0.15, 0.2) is 0 Å². The van der Waals surface area contributed by atoms with E-state index < -0.39 is 108 Å². The van der Waals surface area contributed by atoms with Crippen LogP contribution in [-0.2, 0) is 35.1 Å². The minimum atomic E-state index is -1.68. The van der Waals surface area contributed by atoms with E-state index >= 15 is 0 Å². The first-order valence-corrected chi connectivity index (χ1v) is 20.4. The van der Waals surface area contributed by atoms with Crippen molar-refractivity contribution in [2.24, 2.45) is 5.92 Å². The molecule has 5 rings (SSSR count). The van der Waals surface area contributed by atoms with Crippen molar-refractivity contribution in [2.75, 3.05) is 25.5 Å². The average Bonchev–Trinajstić information content (AvgIpc) is 3.84. The van der Waals surface area contributed by atoms with Crippen molar-refractivity contribution in [1.29, 1.82) is 0 Å². The smallest absolute Gasteiger partial charge is 0.323 e. The summed E-state index contributed by atoms with van der Waals surface area (Å²) in [7, 11) is 1.31. The molecule has 2 aromatic rings. The molecule has 0 radical (unpaired) electrons. The zero-order valence-corrected chi connectivity index (χ0v) is 35.2. The molecular weight excluding hydrogens is 887 g/mol. The Balaban J connectivity index is 1.52. The van der Waals surface area contributed by atoms with Crippen molar-refractivity contribution in [3.05, 3.63) is 75.9 Å². The molecule has 16 nitrogen and oxygen atoms in total. The molecule has 320 valence electrons. The first kappa shape index (κ1) is 45.4. The van der Waals surface area contributed by atoms with E-state index in [0.717, 1.165) is 20.6 Å². The lowest BCUT2D eigenvalue weighted by Crippen LogP contribution is -2.63. The number of rotatable bonds is 8. The lowest BCUT2D eigenvalue weighted by Gasteiger charge is -2.38. The van der Waals surface area contributed by atoms with E-state index in [1.54, 1.807) is 30.3 Å². The summed E-state index contributed by atoms with van der Waals surface area (Å²) in [5.74, 6) is -6.33. The summed E-state index contributed by atoms with van der Waals surface area (Å²) in [5.41, 5.74) is 0.369. The first-order chi connectivity index (χ1) is 27.9. The number of benzene rings is 2. The third-order valence-electron chi connectivity index (χ3n) is 10.9. The molecule has 19 heteroatoms. The van der Waals surface area contributed by atoms with Gasteiger partial charge in [-0.15, -0.1) is 6.58 Å². The van der Waals surface area contributed by atoms with Crippen molar-refractivity contribution in [3.8, 4) is 0 Å². The number of cyclic esters (lactones) is 1. The number of esters is 1. The molecule has 59 heavy (non-hydrogen) atoms. The number of likely N-dealkylation sites (N-methyl/N-ethyl adjacent to an activating group) is 1. The van der Waals surface area contributed by atoms with Gasteiger partial charge < -0.3 is 46.0 Å². The van der Waals surface area contributed by atoms with Gasteiger partial charge >= 0.3 is 12.0 Å². The topological polar surface area (TPSA) is 210 Å². The Morgan fingerprint density at radius 3 is 2.36 bits per heavy atom. The molecule has 3 heterocycles. The number of nitrogens with zero attached hydrogens (tertiary/aromatic N) is 3. The second-order valence-corrected chi connectivity index (χ2v) is 16.5. The molecule has 0 aromatic heterocycles. The van der Waals surface area contributed by atoms with Crippen LogP contribution >= 0.6 is 22.6 Å². The summed E-state index contributed by atoms with van der Waals surface area (Å²) in [6.45, 7) is 8.19. The van der Waals surface area contributed by atoms with E-state index in [2.05, 4.69) is 50.4 Å². The maximum absolute atomic E-state index is 14.6. The molecule has 0 saturated carbocycles. The van der Waals surface area contributed by atoms with Gasteiger partial charge in [-0.25, -0.2) is 13.6 Å². The quantitative estimate of drug-likeness (QED) is 0.128. The predicted octanol–water partition coefficient (Wildman–Crippen LogP) is 1.63. The highest BCUT2D eigenvalue weighted by Gasteiger charge is 2.47. The number of amides is 6. The fourth-order valence-corrected chi connectivity index (χ4v) is 8.17. The average molecular weight is 938 g/mol. The van der Waals surface area contributed by atoms with Gasteiger partial charge in [0, 0.05) is 41.9 Å². The van der Waals surface area contributed by atoms with E-state index in [1.165, 1.54) is 37.6 Å². The van der Waals surface area contributed by atoms with Gasteiger partial charge in [-0.2, -0.15) is 0 Å². The van der Waals surface area contributed by atoms with Crippen LogP contribution in [0.2, 0.25) is 0 Å². The molecule has 0 spiro atoms. The fourth-order valence-electron chi connectivity index (χ4n) is 7.81. The number of hydrogen-bond acceptors (Lipinski definition) is 10. The van der Waals surface area contributed by atoms with Crippen LogP contribution in [0, 0.1) is 21.1 Å². The van der Waals surface area contributed by atoms with E-state index in [4.69, 9.17) is 4.74 Å². The van der Waals surface area contributed by atoms with Crippen LogP contribution in [0.25, 0.3) is 0 Å². The first-order valence-electron chi connectivity index (χ1n) is 19.3. The zero-order valence-electron chi connectivity index (χ0n) is 33.1. The second-order valence-electron chi connectivity index (χ2n) is 15.2. The largest absolute Gasteiger partial charge is 0.459 e. The Morgan fingerprint density at radius 1 is 1.07 bits per heavy atom. The second kappa shape index (κ2) is 19.6. The number of ether oxygens (including phenoxy) is 1. The number of aliphatic hydroxyl groups is 2. The number of urea groups is 1. The van der Waals surface area contributed by atoms with Gasteiger partial charge in [-0.3, -0.25) is 28.9 Å². The Hall–Kier alpha value is -4.73. The fraction of sp³-hybridized carbons (Fsp3) is 0.500. The molecule has 2 aromatic carbocycles. The van der Waals surface area contributed by atoms with Crippen molar-refractivity contribution in [2.45, 2.75) is 101 Å². The molecule has 3 fully saturated rings. The molecule has 0 aliphatic carbocycles. The van der Waals surface area contributed by atoms with Crippen LogP contribution in [-0.4, -0.2) is 135 Å². The van der Waals surface area contributed by atoms with Crippen LogP contribution in [0.15, 0.2) is 55.1 Å². The van der Waals surface area contributed by atoms with Crippen LogP contribution in [0.5, 0.6) is 0 Å². The Labute approximate surface area is 354 Å². The monoisotopic (exact) mass is 937 g/mol. The third-order valence-corrected chi connectivity index (χ3v) is 11.6. The third kappa shape index (κ3) is 10.9. The summed E-state index contributed by atoms with van der Waals surface area (Å²) in [6.07, 6.45) is -2.43. The number of carbonyl (C=O) groups is 6. The maximum atomic E-state index is 14.6. The Morgan fingerprint density at radius 2 is 1.73 bits per heavy atom. The van der Waals surface area contributed by atoms with Crippen LogP contribution in [0.4, 0.5) is 19.3 Å². The van der Waals surface area contributed by atoms with Gasteiger partial charge in [0.25, 0.3) is 0 Å². The van der Waals surface area contributed by atoms with Crippen molar-refractivity contribution in [3.63, 3.8) is 0 Å². The Kier molecular flexibility index (Phi) is 15.0. The number of halogens is 3. The lowest BCUT2D eigenvalue weighted by molar-refractivity contribution is -0.164. The standard InChI is InChI=1S/C40H50F2IN7O9/c1-6-23-17-31-39(57)59-22(4)32(47-34(52)29(16-24-14-25(41)18-26(42)15-24)46-40(58)45-28-11-9-27(43)10-12-28)38(56)49-13-7-8-30(49)37(55)48(5)33(21(3)51)35(53)44-20(2)36(54)50(31)19-23/h6,9-12,14-15,18,20-23,29-33,36,51,54H,1,7-8,13,16-17,19H2,2-5H3,(H,44,53)(H,47,52)(H2,45,46,58)/t20-,21?,22-,23+,29-,30-,31-,32-,33-,36?/m0/s1. The van der Waals surface area contributed by atoms with E-state index in [9.17, 15) is 47.8 Å². The maximum Gasteiger partial charge on any atom is 0.323 e. The molecule has 3 aliphatic rings. The molecule has 10 atom stereocenters. The van der Waals surface area contributed by atoms with Gasteiger partial charge in [0.1, 0.15) is 54.2 Å². The number of carbonyl (C=O) groups excluding carboxylic acids is 6. The SMILES string of the molecule is C=C[C@@H]1C[C@H]2C(=O)O[C@@H](C)[C@H](NC(=O)[C@H](Cc3cc(F)cc(F)c3)NC(=O)Nc3ccc(I)cc3)C(=O)N3CCC[C@H]3C(=O)N(C)[C@@H](C(C)O)C(=O)N[C@@H](C)C(O)N2C1. The number of aliphatic hydroxyl groups excluding tert-OH is 2. The zero-order chi connectivity index (χ0) is 43.3. The molecule has 6 N–H and O–H groups in total. The molecular formula is C40H50F2IN7O9. The minimum Gasteiger partial charge on any atom is -0.459 e. The van der Waals surface area contributed by atoms with E-state index in [1.807, 2.05) is 0 Å². The van der Waals surface area contributed by atoms with Gasteiger partial charge in [-0.1, -0.05) is 6.08 Å². The lowest BCUT2D eigenvalue weighted by atomic mass is 10.0. The van der Waals surface area contributed by atoms with E-state index in [0.29, 0.717) is 18.2 Å². The van der Waals surface area contributed by atoms with E-state index in [-0.39, 0.29) is 37.4 Å². The van der Waals surface area contributed by atoms with Crippen LogP contribution in [0.3, 0.4) is 0 Å². The van der Waals surface area contributed by atoms with Crippen LogP contribution in [0.1, 0.15) is 45.6 Å². The summed E-state index contributed by atoms with van der Waals surface area (Å²) >= 11 is 2.09. The van der Waals surface area contributed by atoms with Gasteiger partial charge in [-0.05, 0) is 111 Å². The number of hydrogen-bond donors (Lipinski definition) is 6. The number of anilines is 1. The highest BCUT2D eigenvalue weighted by Crippen LogP contribution is 2.29. The molecule has 3 aliphatic heterocycles. The Bertz CT molecular complexity index is 1900. The predicted molar refractivity (Wildman–Crippen MR) is 218 cm³/mol. The van der Waals surface area contributed by atoms with Crippen molar-refractivity contribution >= 4 is 63.9 Å². The number of fused-ring (bicyclic) bond motifs is 2. The molecule has 3 saturated heterocycles. The summed E-state index contributed by atoms with van der Waals surface area (Å²) < 4.78 is 35.4. The molecule has 0 bridgehead atoms. The molecule has 2 unspecified atom stereocenters. The van der Waals surface area contributed by atoms with Gasteiger partial charge in [0.2, 0.25) is 23.6 Å². The van der Waals surface area contributed by atoms with Crippen molar-refractivity contribution < 1.29 is 52.5 Å². The highest BCUT2D eigenvalue weighted by molar-refractivity contribution is 14.1. The number of nitrogens with one attached hydrogen (secondary N) is 4.